The van der Waals surface area contributed by atoms with Crippen molar-refractivity contribution in [2.75, 3.05) is 11.2 Å². The minimum absolute atomic E-state index is 0.177. The van der Waals surface area contributed by atoms with Crippen molar-refractivity contribution >= 4 is 23.4 Å². The minimum atomic E-state index is -0.468. The van der Waals surface area contributed by atoms with Gasteiger partial charge in [-0.3, -0.25) is 4.79 Å². The molecule has 1 heterocycles. The molecule has 0 saturated carbocycles. The normalized spacial score (nSPS) is 12.0. The highest BCUT2D eigenvalue weighted by Crippen LogP contribution is 2.27. The lowest BCUT2D eigenvalue weighted by molar-refractivity contribution is -0.115. The molecule has 140 valence electrons. The number of carbonyl (C=O) groups is 1. The maximum absolute atomic E-state index is 14.0. The average molecular weight is 385 g/mol. The number of benzene rings is 2. The van der Waals surface area contributed by atoms with E-state index >= 15 is 0 Å². The lowest BCUT2D eigenvalue weighted by atomic mass is 10.1. The lowest BCUT2D eigenvalue weighted by Crippen LogP contribution is -2.24. The van der Waals surface area contributed by atoms with Gasteiger partial charge in [-0.15, -0.1) is 10.2 Å². The molecule has 0 bridgehead atoms. The fraction of sp³-hybridized carbons (Fsp3) is 0.211. The van der Waals surface area contributed by atoms with Crippen LogP contribution in [0.1, 0.15) is 18.1 Å². The van der Waals surface area contributed by atoms with Gasteiger partial charge in [0.15, 0.2) is 5.82 Å². The van der Waals surface area contributed by atoms with Crippen molar-refractivity contribution in [2.24, 2.45) is 0 Å². The summed E-state index contributed by atoms with van der Waals surface area (Å²) >= 11 is 1.16. The summed E-state index contributed by atoms with van der Waals surface area (Å²) in [5.41, 5.74) is 3.07. The first-order valence-corrected chi connectivity index (χ1v) is 9.25. The summed E-state index contributed by atoms with van der Waals surface area (Å²) in [7, 11) is 0. The number of rotatable bonds is 5. The molecule has 8 heteroatoms. The zero-order chi connectivity index (χ0) is 19.6. The van der Waals surface area contributed by atoms with Gasteiger partial charge in [0.2, 0.25) is 11.1 Å². The molecule has 1 atom stereocenters. The maximum atomic E-state index is 14.0. The van der Waals surface area contributed by atoms with Gasteiger partial charge in [0, 0.05) is 5.69 Å². The zero-order valence-corrected chi connectivity index (χ0v) is 16.0. The number of thioether (sulfide) groups is 1. The van der Waals surface area contributed by atoms with E-state index in [0.29, 0.717) is 5.16 Å². The second kappa shape index (κ2) is 7.79. The largest absolute Gasteiger partial charge is 0.335 e. The number of hydrogen-bond acceptors (Lipinski definition) is 5. The number of hydrogen-bond donors (Lipinski definition) is 2. The first kappa shape index (κ1) is 18.9. The molecule has 2 aromatic carbocycles. The van der Waals surface area contributed by atoms with Gasteiger partial charge in [-0.1, -0.05) is 36.0 Å². The van der Waals surface area contributed by atoms with Crippen LogP contribution < -0.4 is 11.2 Å². The van der Waals surface area contributed by atoms with Crippen molar-refractivity contribution in [3.63, 3.8) is 0 Å². The predicted octanol–water partition coefficient (Wildman–Crippen LogP) is 3.53. The number of nitrogens with zero attached hydrogens (tertiary/aromatic N) is 3. The molecule has 0 fully saturated rings. The summed E-state index contributed by atoms with van der Waals surface area (Å²) in [5.74, 6) is 5.61. The van der Waals surface area contributed by atoms with Crippen LogP contribution in [-0.2, 0) is 4.79 Å². The number of anilines is 1. The number of aryl methyl sites for hydroxylation is 2. The Morgan fingerprint density at radius 1 is 1.22 bits per heavy atom. The first-order chi connectivity index (χ1) is 12.9. The summed E-state index contributed by atoms with van der Waals surface area (Å²) in [6.45, 7) is 5.65. The highest BCUT2D eigenvalue weighted by molar-refractivity contribution is 8.00. The second-order valence-corrected chi connectivity index (χ2v) is 7.53. The number of nitrogens with one attached hydrogen (secondary N) is 1. The van der Waals surface area contributed by atoms with Gasteiger partial charge >= 0.3 is 0 Å². The zero-order valence-electron chi connectivity index (χ0n) is 15.2. The molecular formula is C19H20FN5OS. The first-order valence-electron chi connectivity index (χ1n) is 8.37. The van der Waals surface area contributed by atoms with Crippen LogP contribution in [0.15, 0.2) is 47.6 Å². The molecule has 3 N–H and O–H groups in total. The van der Waals surface area contributed by atoms with Crippen LogP contribution in [0.5, 0.6) is 0 Å². The van der Waals surface area contributed by atoms with E-state index in [-0.39, 0.29) is 17.3 Å². The summed E-state index contributed by atoms with van der Waals surface area (Å²) in [6, 6.07) is 12.1. The number of nitrogens with two attached hydrogens (primary N) is 1. The SMILES string of the molecule is Cc1ccc(C)c(NC(=O)C(C)Sc2nnc(-c3ccccc3F)n2N)c1. The van der Waals surface area contributed by atoms with E-state index < -0.39 is 11.1 Å². The van der Waals surface area contributed by atoms with Gasteiger partial charge in [0.1, 0.15) is 5.82 Å². The number of amides is 1. The molecular weight excluding hydrogens is 365 g/mol. The van der Waals surface area contributed by atoms with E-state index in [1.54, 1.807) is 25.1 Å². The summed E-state index contributed by atoms with van der Waals surface area (Å²) < 4.78 is 15.2. The van der Waals surface area contributed by atoms with Gasteiger partial charge in [0.05, 0.1) is 10.8 Å². The topological polar surface area (TPSA) is 85.8 Å². The number of nitrogen functional groups attached to an aromatic ring is 1. The van der Waals surface area contributed by atoms with Gasteiger partial charge in [-0.2, -0.15) is 0 Å². The van der Waals surface area contributed by atoms with Crippen molar-refractivity contribution in [1.29, 1.82) is 0 Å². The summed E-state index contributed by atoms with van der Waals surface area (Å²) in [6.07, 6.45) is 0. The molecule has 0 radical (unpaired) electrons. The number of carbonyl (C=O) groups excluding carboxylic acids is 1. The molecule has 0 aliphatic heterocycles. The number of aromatic nitrogens is 3. The van der Waals surface area contributed by atoms with Crippen molar-refractivity contribution < 1.29 is 9.18 Å². The Labute approximate surface area is 161 Å². The fourth-order valence-electron chi connectivity index (χ4n) is 2.50. The van der Waals surface area contributed by atoms with Crippen LogP contribution in [0.25, 0.3) is 11.4 Å². The molecule has 6 nitrogen and oxygen atoms in total. The van der Waals surface area contributed by atoms with Crippen molar-refractivity contribution in [1.82, 2.24) is 14.9 Å². The van der Waals surface area contributed by atoms with Gasteiger partial charge in [0.25, 0.3) is 0 Å². The van der Waals surface area contributed by atoms with Crippen LogP contribution in [0.3, 0.4) is 0 Å². The molecule has 1 unspecified atom stereocenters. The number of halogens is 1. The monoisotopic (exact) mass is 385 g/mol. The second-order valence-electron chi connectivity index (χ2n) is 6.22. The third-order valence-corrected chi connectivity index (χ3v) is 5.14. The van der Waals surface area contributed by atoms with Gasteiger partial charge in [-0.25, -0.2) is 9.07 Å². The molecule has 27 heavy (non-hydrogen) atoms. The quantitative estimate of drug-likeness (QED) is 0.518. The van der Waals surface area contributed by atoms with E-state index in [9.17, 15) is 9.18 Å². The van der Waals surface area contributed by atoms with E-state index in [1.165, 1.54) is 10.7 Å². The molecule has 3 aromatic rings. The Balaban J connectivity index is 1.75. The van der Waals surface area contributed by atoms with Crippen LogP contribution in [0, 0.1) is 19.7 Å². The molecule has 0 aliphatic rings. The minimum Gasteiger partial charge on any atom is -0.335 e. The van der Waals surface area contributed by atoms with Crippen LogP contribution in [0.4, 0.5) is 10.1 Å². The Morgan fingerprint density at radius 2 is 1.96 bits per heavy atom. The third kappa shape index (κ3) is 4.11. The van der Waals surface area contributed by atoms with Crippen molar-refractivity contribution in [3.8, 4) is 11.4 Å². The van der Waals surface area contributed by atoms with E-state index in [2.05, 4.69) is 15.5 Å². The molecule has 3 rings (SSSR count). The molecule has 0 aliphatic carbocycles. The van der Waals surface area contributed by atoms with E-state index in [0.717, 1.165) is 28.6 Å². The Hall–Kier alpha value is -2.87. The lowest BCUT2D eigenvalue weighted by Gasteiger charge is -2.13. The van der Waals surface area contributed by atoms with Gasteiger partial charge < -0.3 is 11.2 Å². The van der Waals surface area contributed by atoms with E-state index in [1.807, 2.05) is 32.0 Å². The smallest absolute Gasteiger partial charge is 0.237 e. The van der Waals surface area contributed by atoms with E-state index in [4.69, 9.17) is 5.84 Å². The predicted molar refractivity (Wildman–Crippen MR) is 105 cm³/mol. The average Bonchev–Trinajstić information content (AvgIpc) is 2.99. The highest BCUT2D eigenvalue weighted by Gasteiger charge is 2.21. The van der Waals surface area contributed by atoms with Crippen molar-refractivity contribution in [2.45, 2.75) is 31.2 Å². The maximum Gasteiger partial charge on any atom is 0.237 e. The summed E-state index contributed by atoms with van der Waals surface area (Å²) in [4.78, 5) is 12.5. The van der Waals surface area contributed by atoms with Crippen LogP contribution >= 0.6 is 11.8 Å². The van der Waals surface area contributed by atoms with Crippen LogP contribution in [-0.4, -0.2) is 26.0 Å². The summed E-state index contributed by atoms with van der Waals surface area (Å²) in [5, 5.41) is 10.7. The molecule has 1 amide bonds. The standard InChI is InChI=1S/C19H20FN5OS/c1-11-8-9-12(2)16(10-11)22-18(26)13(3)27-19-24-23-17(25(19)21)14-6-4-5-7-15(14)20/h4-10,13H,21H2,1-3H3,(H,22,26). The Bertz CT molecular complexity index is 988. The fourth-order valence-corrected chi connectivity index (χ4v) is 3.27. The van der Waals surface area contributed by atoms with Gasteiger partial charge in [-0.05, 0) is 50.1 Å². The molecule has 1 aromatic heterocycles. The Kier molecular flexibility index (Phi) is 5.46. The third-order valence-electron chi connectivity index (χ3n) is 4.08. The molecule has 0 spiro atoms. The van der Waals surface area contributed by atoms with Crippen molar-refractivity contribution in [3.05, 3.63) is 59.4 Å². The Morgan fingerprint density at radius 3 is 2.70 bits per heavy atom. The molecule has 0 saturated heterocycles. The highest BCUT2D eigenvalue weighted by atomic mass is 32.2. The van der Waals surface area contributed by atoms with Crippen LogP contribution in [0.2, 0.25) is 0 Å².